The number of fused-ring (bicyclic) bond motifs is 2. The molecule has 36 heavy (non-hydrogen) atoms. The fraction of sp³-hybridized carbons (Fsp3) is 0.448. The molecule has 0 heterocycles. The summed E-state index contributed by atoms with van der Waals surface area (Å²) < 4.78 is 13.1. The van der Waals surface area contributed by atoms with E-state index in [4.69, 9.17) is 8.85 Å². The molecule has 3 atom stereocenters. The van der Waals surface area contributed by atoms with Crippen molar-refractivity contribution in [2.45, 2.75) is 58.0 Å². The summed E-state index contributed by atoms with van der Waals surface area (Å²) in [4.78, 5) is 0. The summed E-state index contributed by atoms with van der Waals surface area (Å²) in [5.41, 5.74) is 5.61. The van der Waals surface area contributed by atoms with Crippen LogP contribution in [0.25, 0.3) is 6.08 Å². The maximum absolute atomic E-state index is 6.78. The fourth-order valence-electron chi connectivity index (χ4n) is 5.33. The van der Waals surface area contributed by atoms with Crippen molar-refractivity contribution in [2.24, 2.45) is 11.3 Å². The van der Waals surface area contributed by atoms with Crippen molar-refractivity contribution < 1.29 is 59.9 Å². The van der Waals surface area contributed by atoms with Gasteiger partial charge < -0.3 is 33.7 Å². The van der Waals surface area contributed by atoms with Gasteiger partial charge in [0.05, 0.1) is 0 Å². The van der Waals surface area contributed by atoms with E-state index < -0.39 is 16.6 Å². The summed E-state index contributed by atoms with van der Waals surface area (Å²) in [6.07, 6.45) is 20.6. The van der Waals surface area contributed by atoms with Crippen molar-refractivity contribution in [3.8, 4) is 0 Å². The largest absolute Gasteiger partial charge is 2.00 e. The zero-order chi connectivity index (χ0) is 23.7. The van der Waals surface area contributed by atoms with Crippen LogP contribution in [0.5, 0.6) is 0 Å². The maximum Gasteiger partial charge on any atom is 2.00 e. The van der Waals surface area contributed by atoms with E-state index in [1.807, 2.05) is 0 Å². The molecule has 0 saturated carbocycles. The number of hydrogen-bond acceptors (Lipinski definition) is 2. The Bertz CT molecular complexity index is 1030. The van der Waals surface area contributed by atoms with Crippen LogP contribution in [-0.2, 0) is 35.1 Å². The van der Waals surface area contributed by atoms with E-state index in [0.717, 1.165) is 26.1 Å². The second-order valence-corrected chi connectivity index (χ2v) is 20.6. The first-order valence-corrected chi connectivity index (χ1v) is 19.2. The summed E-state index contributed by atoms with van der Waals surface area (Å²) in [7, 11) is -3.24. The third kappa shape index (κ3) is 7.88. The molecule has 0 bridgehead atoms. The molecule has 0 amide bonds. The Kier molecular flexibility index (Phi) is 12.8. The second kappa shape index (κ2) is 13.7. The average Bonchev–Trinajstić information content (AvgIpc) is 3.37. The normalized spacial score (nSPS) is 21.3. The molecule has 4 rings (SSSR count). The molecule has 3 unspecified atom stereocenters. The summed E-state index contributed by atoms with van der Waals surface area (Å²) in [6, 6.07) is 8.91. The van der Waals surface area contributed by atoms with Crippen LogP contribution in [-0.4, -0.2) is 29.8 Å². The molecule has 1 aromatic carbocycles. The Balaban J connectivity index is 0.00000216. The van der Waals surface area contributed by atoms with Gasteiger partial charge in [0.2, 0.25) is 0 Å². The van der Waals surface area contributed by atoms with E-state index in [1.165, 1.54) is 22.3 Å². The van der Waals surface area contributed by atoms with E-state index in [9.17, 15) is 0 Å². The van der Waals surface area contributed by atoms with Gasteiger partial charge in [-0.3, -0.25) is 0 Å². The molecule has 2 nitrogen and oxygen atoms in total. The van der Waals surface area contributed by atoms with Crippen molar-refractivity contribution in [1.29, 1.82) is 0 Å². The molecule has 0 spiro atoms. The molecule has 1 aromatic rings. The van der Waals surface area contributed by atoms with Crippen LogP contribution in [0.15, 0.2) is 77.9 Å². The number of halogens is 2. The van der Waals surface area contributed by atoms with E-state index in [2.05, 4.69) is 112 Å². The van der Waals surface area contributed by atoms with Crippen molar-refractivity contribution in [3.05, 3.63) is 89.1 Å². The number of allylic oxidation sites excluding steroid dienone is 8. The quantitative estimate of drug-likeness (QED) is 0.288. The van der Waals surface area contributed by atoms with Gasteiger partial charge in [0, 0.05) is 30.5 Å². The minimum absolute atomic E-state index is 0. The first-order valence-electron chi connectivity index (χ1n) is 12.4. The van der Waals surface area contributed by atoms with E-state index in [-0.39, 0.29) is 56.4 Å². The fourth-order valence-corrected chi connectivity index (χ4v) is 6.78. The Hall–Kier alpha value is -0.263. The monoisotopic (exact) mass is 636 g/mol. The smallest absolute Gasteiger partial charge is 1.00 e. The zero-order valence-electron chi connectivity index (χ0n) is 22.5. The maximum atomic E-state index is 6.78. The summed E-state index contributed by atoms with van der Waals surface area (Å²) >= 11 is 0. The summed E-state index contributed by atoms with van der Waals surface area (Å²) in [6.45, 7) is 15.3. The standard InChI is InChI=1S/C29H40O2Si2.2ClH.Zr/c1-32(2,3)30-21-11-20-29(22-31-33(4,5)6,27-18-16-23-12-7-9-14-25(23)27)28-19-17-24-13-8-10-15-26(24)28;;;/h7-10,12-19,25,28H,11,20-22H2,1-6H3;2*1H;/q;;;+2/p-2. The zero-order valence-corrected chi connectivity index (χ0v) is 28.5. The van der Waals surface area contributed by atoms with Crippen LogP contribution >= 0.6 is 0 Å². The number of rotatable bonds is 10. The van der Waals surface area contributed by atoms with Gasteiger partial charge in [-0.1, -0.05) is 72.9 Å². The van der Waals surface area contributed by atoms with Gasteiger partial charge in [-0.2, -0.15) is 0 Å². The Morgan fingerprint density at radius 2 is 1.53 bits per heavy atom. The molecule has 3 aliphatic rings. The van der Waals surface area contributed by atoms with Crippen LogP contribution in [0.2, 0.25) is 39.3 Å². The van der Waals surface area contributed by atoms with Crippen LogP contribution < -0.4 is 24.8 Å². The van der Waals surface area contributed by atoms with Crippen LogP contribution in [0, 0.1) is 11.3 Å². The first-order chi connectivity index (χ1) is 15.6. The van der Waals surface area contributed by atoms with Crippen molar-refractivity contribution in [1.82, 2.24) is 0 Å². The van der Waals surface area contributed by atoms with Crippen LogP contribution in [0.1, 0.15) is 29.9 Å². The van der Waals surface area contributed by atoms with Gasteiger partial charge in [-0.15, -0.1) is 0 Å². The molecule has 0 aromatic heterocycles. The molecule has 0 saturated heterocycles. The van der Waals surface area contributed by atoms with Gasteiger partial charge in [-0.25, -0.2) is 0 Å². The summed E-state index contributed by atoms with van der Waals surface area (Å²) in [5, 5.41) is 0. The molecular weight excluding hydrogens is 599 g/mol. The molecule has 0 aliphatic heterocycles. The van der Waals surface area contributed by atoms with Gasteiger partial charge in [0.1, 0.15) is 0 Å². The van der Waals surface area contributed by atoms with Crippen molar-refractivity contribution in [3.63, 3.8) is 0 Å². The molecule has 7 heteroatoms. The van der Waals surface area contributed by atoms with E-state index in [0.29, 0.717) is 11.8 Å². The third-order valence-corrected chi connectivity index (χ3v) is 8.97. The van der Waals surface area contributed by atoms with E-state index >= 15 is 0 Å². The number of benzene rings is 1. The van der Waals surface area contributed by atoms with Crippen LogP contribution in [0.4, 0.5) is 0 Å². The second-order valence-electron chi connectivity index (χ2n) is 11.6. The van der Waals surface area contributed by atoms with Gasteiger partial charge in [0.15, 0.2) is 16.6 Å². The van der Waals surface area contributed by atoms with Crippen molar-refractivity contribution in [2.75, 3.05) is 13.2 Å². The SMILES string of the molecule is C[Si](C)(C)OCCCC(CO[Si](C)(C)C)(C1=CC=C2C=CC=CC21)C1C=Cc2ccccc21.[Cl-].[Cl-].[Zr+2]. The topological polar surface area (TPSA) is 18.5 Å². The summed E-state index contributed by atoms with van der Waals surface area (Å²) in [5.74, 6) is 0.662. The first kappa shape index (κ1) is 33.8. The van der Waals surface area contributed by atoms with Crippen LogP contribution in [0.3, 0.4) is 0 Å². The van der Waals surface area contributed by atoms with Gasteiger partial charge in [0.25, 0.3) is 0 Å². The average molecular weight is 639 g/mol. The Labute approximate surface area is 252 Å². The molecular formula is C29H40Cl2O2Si2Zr. The Morgan fingerprint density at radius 3 is 2.22 bits per heavy atom. The van der Waals surface area contributed by atoms with E-state index in [1.54, 1.807) is 0 Å². The molecule has 0 radical (unpaired) electrons. The molecule has 3 aliphatic carbocycles. The minimum Gasteiger partial charge on any atom is -1.00 e. The Morgan fingerprint density at radius 1 is 0.833 bits per heavy atom. The number of hydrogen-bond donors (Lipinski definition) is 0. The third-order valence-electron chi connectivity index (χ3n) is 6.89. The van der Waals surface area contributed by atoms with Gasteiger partial charge >= 0.3 is 26.2 Å². The molecule has 194 valence electrons. The molecule has 0 N–H and O–H groups in total. The minimum atomic E-state index is -1.71. The van der Waals surface area contributed by atoms with Gasteiger partial charge in [-0.05, 0) is 74.4 Å². The van der Waals surface area contributed by atoms with Crippen molar-refractivity contribution >= 4 is 22.7 Å². The predicted octanol–water partition coefficient (Wildman–Crippen LogP) is 1.88. The molecule has 0 fully saturated rings. The predicted molar refractivity (Wildman–Crippen MR) is 146 cm³/mol.